The highest BCUT2D eigenvalue weighted by Gasteiger charge is 2.19. The Morgan fingerprint density at radius 1 is 1.35 bits per heavy atom. The highest BCUT2D eigenvalue weighted by Crippen LogP contribution is 2.31. The molecule has 1 heterocycles. The molecule has 0 amide bonds. The molecule has 3 nitrogen and oxygen atoms in total. The normalized spacial score (nSPS) is 12.3. The minimum atomic E-state index is -0.354. The summed E-state index contributed by atoms with van der Waals surface area (Å²) in [6.45, 7) is 2.87. The monoisotopic (exact) mass is 293 g/mol. The maximum Gasteiger partial charge on any atom is 0.128 e. The molecular weight excluding hydrogens is 277 g/mol. The van der Waals surface area contributed by atoms with Crippen LogP contribution in [0.1, 0.15) is 30.5 Å². The molecule has 1 atom stereocenters. The Kier molecular flexibility index (Phi) is 4.93. The molecule has 0 aliphatic heterocycles. The van der Waals surface area contributed by atoms with E-state index in [1.165, 1.54) is 12.1 Å². The van der Waals surface area contributed by atoms with Gasteiger partial charge in [-0.2, -0.15) is 0 Å². The van der Waals surface area contributed by atoms with Crippen molar-refractivity contribution in [3.05, 3.63) is 58.5 Å². The summed E-state index contributed by atoms with van der Waals surface area (Å²) < 4.78 is 13.2. The van der Waals surface area contributed by atoms with Crippen molar-refractivity contribution in [2.45, 2.75) is 19.4 Å². The number of hydrogen-bond donors (Lipinski definition) is 2. The first-order chi connectivity index (χ1) is 9.63. The predicted octanol–water partition coefficient (Wildman–Crippen LogP) is 3.55. The Bertz CT molecular complexity index is 589. The van der Waals surface area contributed by atoms with Crippen LogP contribution in [0, 0.1) is 5.82 Å². The number of aromatic nitrogens is 1. The van der Waals surface area contributed by atoms with E-state index in [1.54, 1.807) is 12.3 Å². The van der Waals surface area contributed by atoms with Crippen LogP contribution in [0.4, 0.5) is 10.2 Å². The lowest BCUT2D eigenvalue weighted by atomic mass is 9.99. The second-order valence-electron chi connectivity index (χ2n) is 4.53. The van der Waals surface area contributed by atoms with Gasteiger partial charge < -0.3 is 11.1 Å². The SMILES string of the molecule is CCCNC(c1ccc(F)cc1Cl)c1cccnc1N. The molecule has 0 radical (unpaired) electrons. The molecule has 1 aromatic carbocycles. The van der Waals surface area contributed by atoms with E-state index in [4.69, 9.17) is 17.3 Å². The van der Waals surface area contributed by atoms with Gasteiger partial charge in [-0.25, -0.2) is 9.37 Å². The van der Waals surface area contributed by atoms with E-state index < -0.39 is 0 Å². The fourth-order valence-corrected chi connectivity index (χ4v) is 2.36. The van der Waals surface area contributed by atoms with Crippen molar-refractivity contribution in [3.8, 4) is 0 Å². The highest BCUT2D eigenvalue weighted by atomic mass is 35.5. The summed E-state index contributed by atoms with van der Waals surface area (Å²) in [5.41, 5.74) is 7.58. The zero-order valence-corrected chi connectivity index (χ0v) is 12.0. The second kappa shape index (κ2) is 6.68. The fourth-order valence-electron chi connectivity index (χ4n) is 2.09. The Hall–Kier alpha value is -1.65. The average Bonchev–Trinajstić information content (AvgIpc) is 2.42. The van der Waals surface area contributed by atoms with Gasteiger partial charge in [0.15, 0.2) is 0 Å². The number of anilines is 1. The molecule has 20 heavy (non-hydrogen) atoms. The van der Waals surface area contributed by atoms with Crippen LogP contribution in [0.2, 0.25) is 5.02 Å². The average molecular weight is 294 g/mol. The van der Waals surface area contributed by atoms with Gasteiger partial charge in [0.05, 0.1) is 6.04 Å². The van der Waals surface area contributed by atoms with Crippen LogP contribution in [0.15, 0.2) is 36.5 Å². The summed E-state index contributed by atoms with van der Waals surface area (Å²) in [5.74, 6) is 0.0913. The number of benzene rings is 1. The highest BCUT2D eigenvalue weighted by molar-refractivity contribution is 6.31. The van der Waals surface area contributed by atoms with Crippen LogP contribution in [0.3, 0.4) is 0 Å². The van der Waals surface area contributed by atoms with Gasteiger partial charge in [-0.05, 0) is 36.7 Å². The molecule has 2 aromatic rings. The summed E-state index contributed by atoms with van der Waals surface area (Å²) in [6, 6.07) is 7.91. The molecular formula is C15H17ClFN3. The first-order valence-electron chi connectivity index (χ1n) is 6.52. The molecule has 0 spiro atoms. The topological polar surface area (TPSA) is 50.9 Å². The van der Waals surface area contributed by atoms with Gasteiger partial charge >= 0.3 is 0 Å². The number of nitrogens with zero attached hydrogens (tertiary/aromatic N) is 1. The number of nitrogens with one attached hydrogen (secondary N) is 1. The second-order valence-corrected chi connectivity index (χ2v) is 4.94. The van der Waals surface area contributed by atoms with Crippen molar-refractivity contribution < 1.29 is 4.39 Å². The van der Waals surface area contributed by atoms with Gasteiger partial charge in [0, 0.05) is 16.8 Å². The van der Waals surface area contributed by atoms with E-state index in [-0.39, 0.29) is 11.9 Å². The molecule has 0 aliphatic rings. The van der Waals surface area contributed by atoms with Crippen molar-refractivity contribution in [2.75, 3.05) is 12.3 Å². The lowest BCUT2D eigenvalue weighted by Gasteiger charge is -2.21. The molecule has 2 rings (SSSR count). The third-order valence-electron chi connectivity index (χ3n) is 3.05. The number of halogens is 2. The van der Waals surface area contributed by atoms with Crippen LogP contribution >= 0.6 is 11.6 Å². The van der Waals surface area contributed by atoms with Gasteiger partial charge in [0.2, 0.25) is 0 Å². The Morgan fingerprint density at radius 2 is 2.15 bits per heavy atom. The molecule has 106 valence electrons. The standard InChI is InChI=1S/C15H17ClFN3/c1-2-7-19-14(12-4-3-8-20-15(12)18)11-6-5-10(17)9-13(11)16/h3-6,8-9,14,19H,2,7H2,1H3,(H2,18,20). The molecule has 0 aliphatic carbocycles. The van der Waals surface area contributed by atoms with Crippen LogP contribution in [-0.2, 0) is 0 Å². The van der Waals surface area contributed by atoms with E-state index in [0.717, 1.165) is 24.1 Å². The summed E-state index contributed by atoms with van der Waals surface area (Å²) in [7, 11) is 0. The maximum absolute atomic E-state index is 13.2. The van der Waals surface area contributed by atoms with Crippen molar-refractivity contribution in [3.63, 3.8) is 0 Å². The number of nitrogen functional groups attached to an aromatic ring is 1. The Labute approximate surface area is 123 Å². The summed E-state index contributed by atoms with van der Waals surface area (Å²) in [5, 5.41) is 3.75. The summed E-state index contributed by atoms with van der Waals surface area (Å²) in [6.07, 6.45) is 2.61. The molecule has 1 aromatic heterocycles. The molecule has 0 fully saturated rings. The fraction of sp³-hybridized carbons (Fsp3) is 0.267. The number of pyridine rings is 1. The third-order valence-corrected chi connectivity index (χ3v) is 3.38. The van der Waals surface area contributed by atoms with E-state index in [1.807, 2.05) is 12.1 Å². The number of nitrogens with two attached hydrogens (primary N) is 1. The zero-order valence-electron chi connectivity index (χ0n) is 11.2. The third kappa shape index (κ3) is 3.26. The van der Waals surface area contributed by atoms with Crippen molar-refractivity contribution in [1.82, 2.24) is 10.3 Å². The van der Waals surface area contributed by atoms with Crippen molar-refractivity contribution in [2.24, 2.45) is 0 Å². The Morgan fingerprint density at radius 3 is 2.80 bits per heavy atom. The maximum atomic E-state index is 13.2. The molecule has 1 unspecified atom stereocenters. The number of hydrogen-bond acceptors (Lipinski definition) is 3. The van der Waals surface area contributed by atoms with Gasteiger partial charge in [-0.15, -0.1) is 0 Å². The molecule has 0 saturated heterocycles. The van der Waals surface area contributed by atoms with Crippen LogP contribution in [0.5, 0.6) is 0 Å². The first-order valence-corrected chi connectivity index (χ1v) is 6.90. The molecule has 0 bridgehead atoms. The van der Waals surface area contributed by atoms with E-state index in [9.17, 15) is 4.39 Å². The molecule has 5 heteroatoms. The minimum absolute atomic E-state index is 0.197. The lowest BCUT2D eigenvalue weighted by molar-refractivity contribution is 0.593. The molecule has 3 N–H and O–H groups in total. The Balaban J connectivity index is 2.44. The molecule has 0 saturated carbocycles. The quantitative estimate of drug-likeness (QED) is 0.886. The van der Waals surface area contributed by atoms with Gasteiger partial charge in [0.25, 0.3) is 0 Å². The van der Waals surface area contributed by atoms with E-state index in [0.29, 0.717) is 10.8 Å². The van der Waals surface area contributed by atoms with Crippen molar-refractivity contribution >= 4 is 17.4 Å². The smallest absolute Gasteiger partial charge is 0.128 e. The van der Waals surface area contributed by atoms with E-state index in [2.05, 4.69) is 17.2 Å². The first kappa shape index (κ1) is 14.8. The zero-order chi connectivity index (χ0) is 14.5. The number of rotatable bonds is 5. The van der Waals surface area contributed by atoms with Crippen LogP contribution in [-0.4, -0.2) is 11.5 Å². The van der Waals surface area contributed by atoms with Crippen LogP contribution < -0.4 is 11.1 Å². The minimum Gasteiger partial charge on any atom is -0.383 e. The lowest BCUT2D eigenvalue weighted by Crippen LogP contribution is -2.24. The summed E-state index contributed by atoms with van der Waals surface area (Å²) >= 11 is 6.16. The van der Waals surface area contributed by atoms with Gasteiger partial charge in [-0.1, -0.05) is 30.7 Å². The summed E-state index contributed by atoms with van der Waals surface area (Å²) in [4.78, 5) is 4.10. The van der Waals surface area contributed by atoms with Crippen molar-refractivity contribution in [1.29, 1.82) is 0 Å². The predicted molar refractivity (Wildman–Crippen MR) is 80.2 cm³/mol. The van der Waals surface area contributed by atoms with E-state index >= 15 is 0 Å². The largest absolute Gasteiger partial charge is 0.383 e. The van der Waals surface area contributed by atoms with Gasteiger partial charge in [0.1, 0.15) is 11.6 Å². The van der Waals surface area contributed by atoms with Gasteiger partial charge in [-0.3, -0.25) is 0 Å². The van der Waals surface area contributed by atoms with Crippen LogP contribution in [0.25, 0.3) is 0 Å².